The van der Waals surface area contributed by atoms with E-state index in [1.165, 1.54) is 0 Å². The molecule has 0 bridgehead atoms. The van der Waals surface area contributed by atoms with Gasteiger partial charge >= 0.3 is 0 Å². The topological polar surface area (TPSA) is 79.1 Å². The average Bonchev–Trinajstić information content (AvgIpc) is 2.60. The number of benzene rings is 1. The van der Waals surface area contributed by atoms with Gasteiger partial charge in [0, 0.05) is 7.05 Å². The molecule has 0 aliphatic rings. The van der Waals surface area contributed by atoms with Crippen molar-refractivity contribution in [3.63, 3.8) is 0 Å². The van der Waals surface area contributed by atoms with Gasteiger partial charge in [-0.05, 0) is 12.1 Å². The number of guanidine groups is 1. The number of aromatic amines is 1. The number of anilines is 1. The van der Waals surface area contributed by atoms with Crippen molar-refractivity contribution in [1.29, 1.82) is 0 Å². The Morgan fingerprint density at radius 3 is 2.81 bits per heavy atom. The van der Waals surface area contributed by atoms with E-state index in [1.807, 2.05) is 0 Å². The molecule has 1 heterocycles. The molecule has 1 aromatic heterocycles. The van der Waals surface area contributed by atoms with Gasteiger partial charge in [0.1, 0.15) is 0 Å². The first-order valence-corrected chi connectivity index (χ1v) is 5.20. The molecule has 0 radical (unpaired) electrons. The summed E-state index contributed by atoms with van der Waals surface area (Å²) in [4.78, 5) is 11.0. The molecule has 0 aliphatic carbocycles. The van der Waals surface area contributed by atoms with Crippen molar-refractivity contribution >= 4 is 46.1 Å². The first-order chi connectivity index (χ1) is 7.60. The molecule has 0 saturated heterocycles. The number of aliphatic imine (C=N–C) groups is 1. The van der Waals surface area contributed by atoms with E-state index in [2.05, 4.69) is 20.3 Å². The van der Waals surface area contributed by atoms with Crippen molar-refractivity contribution in [3.05, 3.63) is 22.2 Å². The molecule has 2 rings (SSSR count). The lowest BCUT2D eigenvalue weighted by Gasteiger charge is -1.97. The van der Waals surface area contributed by atoms with Crippen molar-refractivity contribution in [1.82, 2.24) is 9.97 Å². The van der Waals surface area contributed by atoms with Crippen LogP contribution in [-0.2, 0) is 0 Å². The van der Waals surface area contributed by atoms with Gasteiger partial charge in [-0.15, -0.1) is 0 Å². The van der Waals surface area contributed by atoms with Gasteiger partial charge in [-0.3, -0.25) is 10.3 Å². The summed E-state index contributed by atoms with van der Waals surface area (Å²) < 4.78 is 0. The number of nitrogens with two attached hydrogens (primary N) is 1. The largest absolute Gasteiger partial charge is 0.370 e. The lowest BCUT2D eigenvalue weighted by atomic mass is 10.3. The predicted octanol–water partition coefficient (Wildman–Crippen LogP) is 2.23. The molecule has 0 aliphatic heterocycles. The Hall–Kier alpha value is -1.46. The van der Waals surface area contributed by atoms with E-state index in [9.17, 15) is 0 Å². The number of hydrogen-bond donors (Lipinski definition) is 3. The van der Waals surface area contributed by atoms with E-state index < -0.39 is 0 Å². The zero-order valence-corrected chi connectivity index (χ0v) is 9.89. The fraction of sp³-hybridized carbons (Fsp3) is 0.111. The van der Waals surface area contributed by atoms with E-state index in [0.717, 1.165) is 5.52 Å². The van der Waals surface area contributed by atoms with Gasteiger partial charge in [-0.1, -0.05) is 23.2 Å². The zero-order chi connectivity index (χ0) is 11.7. The molecule has 0 amide bonds. The van der Waals surface area contributed by atoms with Crippen LogP contribution in [0.5, 0.6) is 0 Å². The van der Waals surface area contributed by atoms with E-state index >= 15 is 0 Å². The molecule has 16 heavy (non-hydrogen) atoms. The minimum atomic E-state index is 0.274. The molecule has 0 atom stereocenters. The van der Waals surface area contributed by atoms with Crippen molar-refractivity contribution in [2.75, 3.05) is 12.4 Å². The number of aromatic nitrogens is 2. The van der Waals surface area contributed by atoms with E-state index in [-0.39, 0.29) is 5.96 Å². The highest BCUT2D eigenvalue weighted by atomic mass is 35.5. The number of nitrogens with one attached hydrogen (secondary N) is 2. The summed E-state index contributed by atoms with van der Waals surface area (Å²) in [6.45, 7) is 0. The first kappa shape index (κ1) is 11.0. The summed E-state index contributed by atoms with van der Waals surface area (Å²) in [5.41, 5.74) is 7.00. The summed E-state index contributed by atoms with van der Waals surface area (Å²) >= 11 is 11.8. The van der Waals surface area contributed by atoms with Crippen molar-refractivity contribution in [2.24, 2.45) is 10.7 Å². The molecule has 0 unspecified atom stereocenters. The maximum atomic E-state index is 5.88. The number of imidazole rings is 1. The van der Waals surface area contributed by atoms with Gasteiger partial charge < -0.3 is 10.7 Å². The van der Waals surface area contributed by atoms with Crippen LogP contribution in [0.3, 0.4) is 0 Å². The summed E-state index contributed by atoms with van der Waals surface area (Å²) in [6, 6.07) is 3.39. The minimum absolute atomic E-state index is 0.274. The summed E-state index contributed by atoms with van der Waals surface area (Å²) in [5.74, 6) is 0.771. The second kappa shape index (κ2) is 4.19. The van der Waals surface area contributed by atoms with Crippen LogP contribution in [-0.4, -0.2) is 23.0 Å². The van der Waals surface area contributed by atoms with Crippen LogP contribution in [0.4, 0.5) is 5.95 Å². The van der Waals surface area contributed by atoms with Crippen LogP contribution < -0.4 is 11.1 Å². The van der Waals surface area contributed by atoms with Crippen LogP contribution in [0.15, 0.2) is 17.1 Å². The quantitative estimate of drug-likeness (QED) is 0.542. The summed E-state index contributed by atoms with van der Waals surface area (Å²) in [5, 5.41) is 3.73. The second-order valence-electron chi connectivity index (χ2n) is 3.10. The van der Waals surface area contributed by atoms with Crippen LogP contribution in [0, 0.1) is 0 Å². The SMILES string of the molecule is CN=C(N)Nc1nc2cc(Cl)c(Cl)cc2[nH]1. The van der Waals surface area contributed by atoms with E-state index in [4.69, 9.17) is 28.9 Å². The maximum absolute atomic E-state index is 5.88. The third-order valence-corrected chi connectivity index (χ3v) is 2.73. The van der Waals surface area contributed by atoms with Gasteiger partial charge in [-0.25, -0.2) is 4.98 Å². The Morgan fingerprint density at radius 2 is 2.12 bits per heavy atom. The Kier molecular flexibility index (Phi) is 2.89. The highest BCUT2D eigenvalue weighted by Crippen LogP contribution is 2.27. The molecule has 0 fully saturated rings. The smallest absolute Gasteiger partial charge is 0.208 e. The zero-order valence-electron chi connectivity index (χ0n) is 8.38. The molecule has 0 saturated carbocycles. The second-order valence-corrected chi connectivity index (χ2v) is 3.92. The number of hydrogen-bond acceptors (Lipinski definition) is 2. The van der Waals surface area contributed by atoms with E-state index in [1.54, 1.807) is 19.2 Å². The van der Waals surface area contributed by atoms with Gasteiger partial charge in [-0.2, -0.15) is 0 Å². The summed E-state index contributed by atoms with van der Waals surface area (Å²) in [6.07, 6.45) is 0. The molecule has 84 valence electrons. The monoisotopic (exact) mass is 257 g/mol. The molecular weight excluding hydrogens is 249 g/mol. The number of rotatable bonds is 1. The Morgan fingerprint density at radius 1 is 1.44 bits per heavy atom. The van der Waals surface area contributed by atoms with Gasteiger partial charge in [0.05, 0.1) is 21.1 Å². The third-order valence-electron chi connectivity index (χ3n) is 2.01. The molecule has 5 nitrogen and oxygen atoms in total. The van der Waals surface area contributed by atoms with Crippen molar-refractivity contribution in [2.45, 2.75) is 0 Å². The highest BCUT2D eigenvalue weighted by molar-refractivity contribution is 6.42. The van der Waals surface area contributed by atoms with Crippen LogP contribution >= 0.6 is 23.2 Å². The van der Waals surface area contributed by atoms with Crippen LogP contribution in [0.25, 0.3) is 11.0 Å². The standard InChI is InChI=1S/C9H9Cl2N5/c1-13-8(12)16-9-14-6-2-4(10)5(11)3-7(6)15-9/h2-3H,1H3,(H4,12,13,14,15,16). The van der Waals surface area contributed by atoms with Gasteiger partial charge in [0.2, 0.25) is 5.95 Å². The Labute approximate surface area is 102 Å². The molecular formula is C9H9Cl2N5. The van der Waals surface area contributed by atoms with Crippen LogP contribution in [0.2, 0.25) is 10.0 Å². The van der Waals surface area contributed by atoms with Crippen LogP contribution in [0.1, 0.15) is 0 Å². The fourth-order valence-electron chi connectivity index (χ4n) is 1.24. The molecule has 2 aromatic rings. The molecule has 1 aromatic carbocycles. The number of H-pyrrole nitrogens is 1. The number of halogens is 2. The van der Waals surface area contributed by atoms with Gasteiger partial charge in [0.15, 0.2) is 5.96 Å². The maximum Gasteiger partial charge on any atom is 0.208 e. The Bertz CT molecular complexity index is 521. The average molecular weight is 258 g/mol. The van der Waals surface area contributed by atoms with Crippen molar-refractivity contribution in [3.8, 4) is 0 Å². The highest BCUT2D eigenvalue weighted by Gasteiger charge is 2.06. The lowest BCUT2D eigenvalue weighted by Crippen LogP contribution is -2.22. The minimum Gasteiger partial charge on any atom is -0.370 e. The molecule has 4 N–H and O–H groups in total. The molecule has 0 spiro atoms. The van der Waals surface area contributed by atoms with Crippen molar-refractivity contribution < 1.29 is 0 Å². The van der Waals surface area contributed by atoms with Gasteiger partial charge in [0.25, 0.3) is 0 Å². The predicted molar refractivity (Wildman–Crippen MR) is 67.3 cm³/mol. The molecule has 7 heteroatoms. The third kappa shape index (κ3) is 2.05. The Balaban J connectivity index is 2.44. The first-order valence-electron chi connectivity index (χ1n) is 4.44. The normalized spacial score (nSPS) is 12.1. The lowest BCUT2D eigenvalue weighted by molar-refractivity contribution is 1.29. The van der Waals surface area contributed by atoms with E-state index in [0.29, 0.717) is 21.5 Å². The number of fused-ring (bicyclic) bond motifs is 1. The number of nitrogens with zero attached hydrogens (tertiary/aromatic N) is 2. The summed E-state index contributed by atoms with van der Waals surface area (Å²) in [7, 11) is 1.58. The fourth-order valence-corrected chi connectivity index (χ4v) is 1.56.